The van der Waals surface area contributed by atoms with Gasteiger partial charge in [0.1, 0.15) is 5.75 Å². The van der Waals surface area contributed by atoms with Gasteiger partial charge in [-0.3, -0.25) is 0 Å². The van der Waals surface area contributed by atoms with Crippen LogP contribution in [-0.4, -0.2) is 5.11 Å². The van der Waals surface area contributed by atoms with E-state index in [1.807, 2.05) is 6.07 Å². The Hall–Kier alpha value is -0.690. The molecule has 0 aromatic heterocycles. The molecule has 0 aliphatic heterocycles. The van der Waals surface area contributed by atoms with Crippen LogP contribution in [0.5, 0.6) is 5.75 Å². The summed E-state index contributed by atoms with van der Waals surface area (Å²) in [4.78, 5) is 0. The first-order valence-electron chi connectivity index (χ1n) is 15.5. The van der Waals surface area contributed by atoms with E-state index in [9.17, 15) is 5.11 Å². The number of halogens is 1. The molecule has 1 N–H and O–H groups in total. The molecular weight excluding hydrogens is 460 g/mol. The molecule has 1 nitrogen and oxygen atoms in total. The van der Waals surface area contributed by atoms with Crippen molar-refractivity contribution < 1.29 is 5.11 Å². The topological polar surface area (TPSA) is 20.2 Å². The van der Waals surface area contributed by atoms with Crippen molar-refractivity contribution in [2.24, 2.45) is 38.4 Å². The first kappa shape index (κ1) is 24.4. The Morgan fingerprint density at radius 2 is 1.19 bits per heavy atom. The molecule has 4 atom stereocenters. The number of phenols is 1. The third-order valence-corrected chi connectivity index (χ3v) is 14.6. The molecule has 36 heavy (non-hydrogen) atoms. The highest BCUT2D eigenvalue weighted by molar-refractivity contribution is 6.32. The largest absolute Gasteiger partial charge is 0.506 e. The zero-order chi connectivity index (χ0) is 25.2. The summed E-state index contributed by atoms with van der Waals surface area (Å²) in [6.45, 7) is 10.1. The average molecular weight is 509 g/mol. The Balaban J connectivity index is 1.42. The Labute approximate surface area is 225 Å². The minimum Gasteiger partial charge on any atom is -0.506 e. The zero-order valence-corrected chi connectivity index (χ0v) is 24.2. The van der Waals surface area contributed by atoms with Crippen molar-refractivity contribution in [1.82, 2.24) is 0 Å². The summed E-state index contributed by atoms with van der Waals surface area (Å²) in [5, 5.41) is 10.9. The van der Waals surface area contributed by atoms with Gasteiger partial charge in [0.25, 0.3) is 0 Å². The lowest BCUT2D eigenvalue weighted by molar-refractivity contribution is -0.281. The van der Waals surface area contributed by atoms with E-state index in [2.05, 4.69) is 39.8 Å². The molecule has 2 heteroatoms. The summed E-state index contributed by atoms with van der Waals surface area (Å²) < 4.78 is 0. The van der Waals surface area contributed by atoms with Crippen molar-refractivity contribution in [2.75, 3.05) is 0 Å². The van der Waals surface area contributed by atoms with Crippen LogP contribution >= 0.6 is 11.6 Å². The predicted molar refractivity (Wildman–Crippen MR) is 149 cm³/mol. The van der Waals surface area contributed by atoms with E-state index in [0.29, 0.717) is 37.5 Å². The van der Waals surface area contributed by atoms with E-state index >= 15 is 0 Å². The lowest BCUT2D eigenvalue weighted by Gasteiger charge is -2.79. The van der Waals surface area contributed by atoms with Gasteiger partial charge in [-0.15, -0.1) is 0 Å². The molecule has 8 aliphatic rings. The minimum atomic E-state index is 0.236. The maximum absolute atomic E-state index is 10.3. The van der Waals surface area contributed by atoms with Gasteiger partial charge in [-0.1, -0.05) is 71.0 Å². The lowest BCUT2D eigenvalue weighted by atomic mass is 9.25. The molecule has 0 heterocycles. The molecular formula is C34H49ClO. The van der Waals surface area contributed by atoms with Crippen molar-refractivity contribution in [3.05, 3.63) is 28.8 Å². The molecule has 198 valence electrons. The van der Waals surface area contributed by atoms with E-state index in [1.165, 1.54) is 108 Å². The highest BCUT2D eigenvalue weighted by atomic mass is 35.5. The fourth-order valence-electron chi connectivity index (χ4n) is 13.7. The molecule has 0 saturated heterocycles. The number of phenolic OH excluding ortho intramolecular Hbond substituents is 1. The second-order valence-corrected chi connectivity index (χ2v) is 16.4. The third kappa shape index (κ3) is 2.96. The lowest BCUT2D eigenvalue weighted by Crippen LogP contribution is -2.70. The summed E-state index contributed by atoms with van der Waals surface area (Å²) >= 11 is 6.61. The van der Waals surface area contributed by atoms with Crippen LogP contribution in [0.15, 0.2) is 18.2 Å². The predicted octanol–water partition coefficient (Wildman–Crippen LogP) is 10.2. The number of aromatic hydroxyl groups is 1. The summed E-state index contributed by atoms with van der Waals surface area (Å²) in [5.74, 6) is 1.22. The number of hydrogen-bond acceptors (Lipinski definition) is 1. The maximum Gasteiger partial charge on any atom is 0.134 e. The molecule has 8 bridgehead atoms. The fraction of sp³-hybridized carbons (Fsp3) is 0.824. The van der Waals surface area contributed by atoms with E-state index in [-0.39, 0.29) is 11.2 Å². The van der Waals surface area contributed by atoms with Crippen molar-refractivity contribution in [3.8, 4) is 5.75 Å². The zero-order valence-electron chi connectivity index (χ0n) is 23.4. The van der Waals surface area contributed by atoms with Crippen LogP contribution < -0.4 is 0 Å². The van der Waals surface area contributed by atoms with Gasteiger partial charge < -0.3 is 5.11 Å². The Morgan fingerprint density at radius 3 is 1.72 bits per heavy atom. The van der Waals surface area contributed by atoms with Crippen molar-refractivity contribution in [1.29, 1.82) is 0 Å². The minimum absolute atomic E-state index is 0.236. The summed E-state index contributed by atoms with van der Waals surface area (Å²) in [6.07, 6.45) is 23.2. The maximum atomic E-state index is 10.3. The van der Waals surface area contributed by atoms with Crippen LogP contribution in [0.3, 0.4) is 0 Å². The van der Waals surface area contributed by atoms with Crippen molar-refractivity contribution in [3.63, 3.8) is 0 Å². The Bertz CT molecular complexity index is 1050. The van der Waals surface area contributed by atoms with Gasteiger partial charge in [0, 0.05) is 0 Å². The molecule has 1 aromatic rings. The first-order valence-corrected chi connectivity index (χ1v) is 15.9. The van der Waals surface area contributed by atoms with Crippen LogP contribution in [-0.2, 0) is 5.41 Å². The molecule has 0 amide bonds. The fourth-order valence-corrected chi connectivity index (χ4v) is 13.9. The SMILES string of the molecule is CCC12CC3CC(CC)(C1)CC(C14CC5(CC)CC(CC)(CC(c6ccc(O)c(Cl)c6)(C5)C1)C4)(C3)C2. The number of benzene rings is 1. The van der Waals surface area contributed by atoms with Crippen molar-refractivity contribution in [2.45, 2.75) is 136 Å². The Kier molecular flexibility index (Phi) is 4.93. The van der Waals surface area contributed by atoms with Gasteiger partial charge in [-0.05, 0) is 139 Å². The molecule has 9 rings (SSSR count). The Morgan fingerprint density at radius 1 is 0.667 bits per heavy atom. The van der Waals surface area contributed by atoms with E-state index in [0.717, 1.165) is 5.92 Å². The van der Waals surface area contributed by atoms with Crippen LogP contribution in [0, 0.1) is 38.4 Å². The van der Waals surface area contributed by atoms with Gasteiger partial charge in [-0.2, -0.15) is 0 Å². The normalized spacial score (nSPS) is 52.3. The van der Waals surface area contributed by atoms with E-state index in [4.69, 9.17) is 11.6 Å². The van der Waals surface area contributed by atoms with Crippen LogP contribution in [0.2, 0.25) is 5.02 Å². The molecule has 8 saturated carbocycles. The van der Waals surface area contributed by atoms with Gasteiger partial charge >= 0.3 is 0 Å². The summed E-state index contributed by atoms with van der Waals surface area (Å²) in [7, 11) is 0. The van der Waals surface area contributed by atoms with E-state index < -0.39 is 0 Å². The molecule has 0 spiro atoms. The third-order valence-electron chi connectivity index (χ3n) is 14.3. The second kappa shape index (κ2) is 7.28. The van der Waals surface area contributed by atoms with Crippen LogP contribution in [0.25, 0.3) is 0 Å². The summed E-state index contributed by atoms with van der Waals surface area (Å²) in [6, 6.07) is 6.32. The van der Waals surface area contributed by atoms with Crippen LogP contribution in [0.1, 0.15) is 136 Å². The van der Waals surface area contributed by atoms with Gasteiger partial charge in [-0.25, -0.2) is 0 Å². The smallest absolute Gasteiger partial charge is 0.134 e. The quantitative estimate of drug-likeness (QED) is 0.405. The van der Waals surface area contributed by atoms with Gasteiger partial charge in [0.05, 0.1) is 5.02 Å². The number of hydrogen-bond donors (Lipinski definition) is 1. The monoisotopic (exact) mass is 508 g/mol. The molecule has 4 unspecified atom stereocenters. The van der Waals surface area contributed by atoms with Crippen LogP contribution in [0.4, 0.5) is 0 Å². The molecule has 1 aromatic carbocycles. The highest BCUT2D eigenvalue weighted by Crippen LogP contribution is 2.85. The van der Waals surface area contributed by atoms with Gasteiger partial charge in [0.2, 0.25) is 0 Å². The van der Waals surface area contributed by atoms with E-state index in [1.54, 1.807) is 0 Å². The standard InChI is InChI=1S/C34H49ClO/c1-5-28-12-24-13-29(6-2,15-28)20-33(14-24,19-28)34-21-30(7-3)16-31(8-4,22-34)18-32(17-30,23-34)25-9-10-27(36)26(35)11-25/h9-11,24,36H,5-8,12-23H2,1-4H3. The average Bonchev–Trinajstić information content (AvgIpc) is 2.84. The highest BCUT2D eigenvalue weighted by Gasteiger charge is 2.75. The molecule has 8 aliphatic carbocycles. The van der Waals surface area contributed by atoms with Gasteiger partial charge in [0.15, 0.2) is 0 Å². The summed E-state index contributed by atoms with van der Waals surface area (Å²) in [5.41, 5.74) is 4.92. The second-order valence-electron chi connectivity index (χ2n) is 16.0. The first-order chi connectivity index (χ1) is 17.1. The molecule has 0 radical (unpaired) electrons. The van der Waals surface area contributed by atoms with Crippen molar-refractivity contribution >= 4 is 11.6 Å². The number of rotatable bonds is 6. The molecule has 8 fully saturated rings.